The van der Waals surface area contributed by atoms with Gasteiger partial charge in [-0.3, -0.25) is 4.99 Å². The second kappa shape index (κ2) is 5.02. The Balaban J connectivity index is 1.51. The van der Waals surface area contributed by atoms with Gasteiger partial charge in [0.05, 0.1) is 31.1 Å². The fourth-order valence-corrected chi connectivity index (χ4v) is 2.74. The smallest absolute Gasteiger partial charge is 0.191 e. The van der Waals surface area contributed by atoms with Gasteiger partial charge in [-0.2, -0.15) is 0 Å². The lowest BCUT2D eigenvalue weighted by molar-refractivity contribution is 0.0992. The first-order valence-corrected chi connectivity index (χ1v) is 6.50. The van der Waals surface area contributed by atoms with E-state index in [0.717, 1.165) is 24.6 Å². The number of aliphatic imine (C=N–C) groups is 1. The van der Waals surface area contributed by atoms with Crippen LogP contribution in [0.1, 0.15) is 25.0 Å². The number of hydrogen-bond acceptors (Lipinski definition) is 3. The van der Waals surface area contributed by atoms with Crippen molar-refractivity contribution in [1.82, 2.24) is 10.6 Å². The van der Waals surface area contributed by atoms with E-state index in [0.29, 0.717) is 24.8 Å². The van der Waals surface area contributed by atoms with Crippen LogP contribution in [0.4, 0.5) is 0 Å². The Kier molecular flexibility index (Phi) is 3.23. The van der Waals surface area contributed by atoms with Crippen molar-refractivity contribution in [1.29, 1.82) is 0 Å². The van der Waals surface area contributed by atoms with Crippen LogP contribution >= 0.6 is 0 Å². The molecule has 0 spiro atoms. The van der Waals surface area contributed by atoms with Crippen LogP contribution in [0.25, 0.3) is 0 Å². The molecule has 0 radical (unpaired) electrons. The molecule has 2 aliphatic rings. The molecule has 1 aromatic rings. The highest BCUT2D eigenvalue weighted by Crippen LogP contribution is 2.34. The standard InChI is InChI=1S/C13H19N3O2/c1-14-13(15-8-10-3-2-6-17-10)16-11-7-9-4-5-12(11)18-9/h2-3,6,9,11-12H,4-5,7-8H2,1H3,(H2,14,15,16). The number of nitrogens with zero attached hydrogens (tertiary/aromatic N) is 1. The van der Waals surface area contributed by atoms with E-state index < -0.39 is 0 Å². The summed E-state index contributed by atoms with van der Waals surface area (Å²) in [6, 6.07) is 4.23. The molecule has 2 saturated heterocycles. The van der Waals surface area contributed by atoms with Crippen molar-refractivity contribution in [3.63, 3.8) is 0 Å². The fraction of sp³-hybridized carbons (Fsp3) is 0.615. The number of hydrogen-bond donors (Lipinski definition) is 2. The van der Waals surface area contributed by atoms with Crippen molar-refractivity contribution < 1.29 is 9.15 Å². The van der Waals surface area contributed by atoms with Gasteiger partial charge in [-0.25, -0.2) is 0 Å². The van der Waals surface area contributed by atoms with Crippen LogP contribution in [0, 0.1) is 0 Å². The van der Waals surface area contributed by atoms with E-state index in [2.05, 4.69) is 15.6 Å². The largest absolute Gasteiger partial charge is 0.467 e. The molecule has 2 bridgehead atoms. The Hall–Kier alpha value is -1.49. The predicted molar refractivity (Wildman–Crippen MR) is 68.3 cm³/mol. The summed E-state index contributed by atoms with van der Waals surface area (Å²) >= 11 is 0. The number of rotatable bonds is 3. The Morgan fingerprint density at radius 1 is 1.50 bits per heavy atom. The molecule has 3 atom stereocenters. The topological polar surface area (TPSA) is 58.8 Å². The van der Waals surface area contributed by atoms with Gasteiger partial charge >= 0.3 is 0 Å². The van der Waals surface area contributed by atoms with E-state index in [1.54, 1.807) is 13.3 Å². The average molecular weight is 249 g/mol. The second-order valence-electron chi connectivity index (χ2n) is 4.87. The van der Waals surface area contributed by atoms with E-state index in [4.69, 9.17) is 9.15 Å². The van der Waals surface area contributed by atoms with Crippen molar-refractivity contribution in [3.05, 3.63) is 24.2 Å². The van der Waals surface area contributed by atoms with Crippen LogP contribution in [0.3, 0.4) is 0 Å². The highest BCUT2D eigenvalue weighted by Gasteiger charge is 2.41. The summed E-state index contributed by atoms with van der Waals surface area (Å²) < 4.78 is 11.1. The molecule has 5 nitrogen and oxygen atoms in total. The van der Waals surface area contributed by atoms with E-state index >= 15 is 0 Å². The second-order valence-corrected chi connectivity index (χ2v) is 4.87. The van der Waals surface area contributed by atoms with E-state index in [-0.39, 0.29) is 0 Å². The Morgan fingerprint density at radius 2 is 2.44 bits per heavy atom. The third-order valence-corrected chi connectivity index (χ3v) is 3.66. The Morgan fingerprint density at radius 3 is 3.06 bits per heavy atom. The van der Waals surface area contributed by atoms with E-state index in [1.807, 2.05) is 12.1 Å². The third kappa shape index (κ3) is 2.36. The van der Waals surface area contributed by atoms with Gasteiger partial charge < -0.3 is 19.8 Å². The summed E-state index contributed by atoms with van der Waals surface area (Å²) in [4.78, 5) is 4.23. The summed E-state index contributed by atoms with van der Waals surface area (Å²) in [5, 5.41) is 6.68. The SMILES string of the molecule is CN=C(NCc1ccco1)NC1CC2CCC1O2. The van der Waals surface area contributed by atoms with Crippen molar-refractivity contribution >= 4 is 5.96 Å². The molecule has 3 heterocycles. The normalized spacial score (nSPS) is 30.7. The van der Waals surface area contributed by atoms with Crippen LogP contribution in [0.2, 0.25) is 0 Å². The van der Waals surface area contributed by atoms with Gasteiger partial charge in [0.2, 0.25) is 0 Å². The van der Waals surface area contributed by atoms with Crippen LogP contribution in [-0.2, 0) is 11.3 Å². The molecule has 0 saturated carbocycles. The van der Waals surface area contributed by atoms with Gasteiger partial charge in [-0.05, 0) is 31.4 Å². The Labute approximate surface area is 107 Å². The molecule has 1 aromatic heterocycles. The molecule has 18 heavy (non-hydrogen) atoms. The number of furan rings is 1. The molecule has 5 heteroatoms. The van der Waals surface area contributed by atoms with E-state index in [1.165, 1.54) is 6.42 Å². The minimum Gasteiger partial charge on any atom is -0.467 e. The molecule has 3 rings (SSSR count). The van der Waals surface area contributed by atoms with Crippen LogP contribution in [0.15, 0.2) is 27.8 Å². The zero-order chi connectivity index (χ0) is 12.4. The summed E-state index contributed by atoms with van der Waals surface area (Å²) in [5.41, 5.74) is 0. The number of fused-ring (bicyclic) bond motifs is 2. The minimum absolute atomic E-state index is 0.358. The molecular formula is C13H19N3O2. The molecule has 0 amide bonds. The number of guanidine groups is 1. The van der Waals surface area contributed by atoms with Gasteiger partial charge in [-0.1, -0.05) is 0 Å². The molecule has 0 aromatic carbocycles. The van der Waals surface area contributed by atoms with Crippen molar-refractivity contribution in [2.45, 2.75) is 44.1 Å². The molecule has 2 fully saturated rings. The lowest BCUT2D eigenvalue weighted by Gasteiger charge is -2.22. The highest BCUT2D eigenvalue weighted by molar-refractivity contribution is 5.80. The maximum absolute atomic E-state index is 5.82. The highest BCUT2D eigenvalue weighted by atomic mass is 16.5. The number of nitrogens with one attached hydrogen (secondary N) is 2. The first-order chi connectivity index (χ1) is 8.85. The van der Waals surface area contributed by atoms with Crippen LogP contribution in [-0.4, -0.2) is 31.3 Å². The van der Waals surface area contributed by atoms with Crippen molar-refractivity contribution in [2.75, 3.05) is 7.05 Å². The van der Waals surface area contributed by atoms with Crippen molar-refractivity contribution in [3.8, 4) is 0 Å². The molecule has 3 unspecified atom stereocenters. The first-order valence-electron chi connectivity index (χ1n) is 6.50. The first kappa shape index (κ1) is 11.6. The van der Waals surface area contributed by atoms with Gasteiger partial charge in [0.15, 0.2) is 5.96 Å². The van der Waals surface area contributed by atoms with Gasteiger partial charge in [0, 0.05) is 7.05 Å². The van der Waals surface area contributed by atoms with Crippen LogP contribution < -0.4 is 10.6 Å². The average Bonchev–Trinajstić information content (AvgIpc) is 3.10. The quantitative estimate of drug-likeness (QED) is 0.625. The van der Waals surface area contributed by atoms with Crippen LogP contribution in [0.5, 0.6) is 0 Å². The predicted octanol–water partition coefficient (Wildman–Crippen LogP) is 1.26. The molecular weight excluding hydrogens is 230 g/mol. The summed E-state index contributed by atoms with van der Waals surface area (Å²) in [6.07, 6.45) is 5.95. The lowest BCUT2D eigenvalue weighted by atomic mass is 9.96. The third-order valence-electron chi connectivity index (χ3n) is 3.66. The summed E-state index contributed by atoms with van der Waals surface area (Å²) in [6.45, 7) is 0.647. The van der Waals surface area contributed by atoms with E-state index in [9.17, 15) is 0 Å². The Bertz CT molecular complexity index is 416. The molecule has 2 N–H and O–H groups in total. The maximum atomic E-state index is 5.82. The fourth-order valence-electron chi connectivity index (χ4n) is 2.74. The zero-order valence-corrected chi connectivity index (χ0v) is 10.6. The zero-order valence-electron chi connectivity index (χ0n) is 10.6. The van der Waals surface area contributed by atoms with Gasteiger partial charge in [0.1, 0.15) is 5.76 Å². The summed E-state index contributed by atoms with van der Waals surface area (Å²) in [5.74, 6) is 1.72. The van der Waals surface area contributed by atoms with Crippen molar-refractivity contribution in [2.24, 2.45) is 4.99 Å². The molecule has 98 valence electrons. The maximum Gasteiger partial charge on any atom is 0.191 e. The van der Waals surface area contributed by atoms with Gasteiger partial charge in [0.25, 0.3) is 0 Å². The number of ether oxygens (including phenoxy) is 1. The monoisotopic (exact) mass is 249 g/mol. The van der Waals surface area contributed by atoms with Gasteiger partial charge in [-0.15, -0.1) is 0 Å². The molecule has 2 aliphatic heterocycles. The molecule has 0 aliphatic carbocycles. The lowest BCUT2D eigenvalue weighted by Crippen LogP contribution is -2.47. The summed E-state index contributed by atoms with van der Waals surface area (Å²) in [7, 11) is 1.78. The minimum atomic E-state index is 0.358.